The van der Waals surface area contributed by atoms with Gasteiger partial charge in [-0.15, -0.1) is 10.2 Å². The van der Waals surface area contributed by atoms with Crippen LogP contribution in [0.5, 0.6) is 11.5 Å². The van der Waals surface area contributed by atoms with Crippen molar-refractivity contribution in [1.29, 1.82) is 0 Å². The van der Waals surface area contributed by atoms with E-state index < -0.39 is 0 Å². The molecule has 0 aliphatic carbocycles. The Labute approximate surface area is 157 Å². The lowest BCUT2D eigenvalue weighted by Gasteiger charge is -2.09. The Bertz CT molecular complexity index is 1050. The standard InChI is InChI=1S/C21H20N4O2/c1-26-18-5-4-6-19(13-18)27-12-11-25-14-17(9-10-24-15-22-23-16-24)20-7-2-3-8-21(20)25/h2-10,13-16H,11-12H2,1H3/b10-9+. The second-order valence-electron chi connectivity index (χ2n) is 6.05. The zero-order chi connectivity index (χ0) is 18.5. The first-order valence-corrected chi connectivity index (χ1v) is 8.70. The first-order chi connectivity index (χ1) is 13.3. The fourth-order valence-corrected chi connectivity index (χ4v) is 3.00. The molecule has 0 aliphatic rings. The number of para-hydroxylation sites is 1. The molecule has 6 nitrogen and oxygen atoms in total. The number of aromatic nitrogens is 4. The first-order valence-electron chi connectivity index (χ1n) is 8.70. The molecular formula is C21H20N4O2. The van der Waals surface area contributed by atoms with E-state index in [2.05, 4.69) is 51.3 Å². The predicted octanol–water partition coefficient (Wildman–Crippen LogP) is 3.95. The van der Waals surface area contributed by atoms with Gasteiger partial charge in [-0.05, 0) is 24.3 Å². The molecule has 27 heavy (non-hydrogen) atoms. The quantitative estimate of drug-likeness (QED) is 0.501. The first kappa shape index (κ1) is 16.9. The van der Waals surface area contributed by atoms with Crippen molar-refractivity contribution in [3.05, 3.63) is 72.9 Å². The number of rotatable bonds is 7. The average Bonchev–Trinajstić information content (AvgIpc) is 3.35. The highest BCUT2D eigenvalue weighted by molar-refractivity contribution is 5.90. The van der Waals surface area contributed by atoms with E-state index in [0.717, 1.165) is 23.6 Å². The summed E-state index contributed by atoms with van der Waals surface area (Å²) in [6, 6.07) is 16.0. The van der Waals surface area contributed by atoms with Gasteiger partial charge in [0.2, 0.25) is 0 Å². The van der Waals surface area contributed by atoms with Gasteiger partial charge in [-0.3, -0.25) is 4.57 Å². The van der Waals surface area contributed by atoms with Gasteiger partial charge in [-0.2, -0.15) is 0 Å². The van der Waals surface area contributed by atoms with Crippen LogP contribution in [0, 0.1) is 0 Å². The van der Waals surface area contributed by atoms with Crippen LogP contribution in [0.15, 0.2) is 67.4 Å². The second-order valence-corrected chi connectivity index (χ2v) is 6.05. The van der Waals surface area contributed by atoms with E-state index >= 15 is 0 Å². The van der Waals surface area contributed by atoms with Crippen molar-refractivity contribution < 1.29 is 9.47 Å². The fraction of sp³-hybridized carbons (Fsp3) is 0.143. The molecular weight excluding hydrogens is 340 g/mol. The van der Waals surface area contributed by atoms with Crippen LogP contribution in [-0.2, 0) is 6.54 Å². The molecule has 0 N–H and O–H groups in total. The van der Waals surface area contributed by atoms with Crippen LogP contribution in [0.3, 0.4) is 0 Å². The van der Waals surface area contributed by atoms with Gasteiger partial charge < -0.3 is 14.0 Å². The Morgan fingerprint density at radius 2 is 1.81 bits per heavy atom. The summed E-state index contributed by atoms with van der Waals surface area (Å²) in [5.41, 5.74) is 2.32. The lowest BCUT2D eigenvalue weighted by Crippen LogP contribution is -2.07. The van der Waals surface area contributed by atoms with Gasteiger partial charge >= 0.3 is 0 Å². The molecule has 2 aromatic carbocycles. The minimum Gasteiger partial charge on any atom is -0.497 e. The third-order valence-corrected chi connectivity index (χ3v) is 4.32. The van der Waals surface area contributed by atoms with Gasteiger partial charge in [0, 0.05) is 34.9 Å². The second kappa shape index (κ2) is 7.78. The summed E-state index contributed by atoms with van der Waals surface area (Å²) in [4.78, 5) is 0. The zero-order valence-electron chi connectivity index (χ0n) is 15.0. The van der Waals surface area contributed by atoms with Crippen LogP contribution < -0.4 is 9.47 Å². The zero-order valence-corrected chi connectivity index (χ0v) is 15.0. The Morgan fingerprint density at radius 1 is 1.00 bits per heavy atom. The number of hydrogen-bond donors (Lipinski definition) is 0. The van der Waals surface area contributed by atoms with Crippen molar-refractivity contribution >= 4 is 23.2 Å². The van der Waals surface area contributed by atoms with Crippen LogP contribution in [0.2, 0.25) is 0 Å². The molecule has 0 bridgehead atoms. The molecule has 136 valence electrons. The van der Waals surface area contributed by atoms with E-state index in [-0.39, 0.29) is 0 Å². The number of methoxy groups -OCH3 is 1. The molecule has 2 heterocycles. The van der Waals surface area contributed by atoms with Crippen molar-refractivity contribution in [1.82, 2.24) is 19.3 Å². The number of hydrogen-bond acceptors (Lipinski definition) is 4. The molecule has 0 radical (unpaired) electrons. The van der Waals surface area contributed by atoms with E-state index in [1.165, 1.54) is 10.9 Å². The third kappa shape index (κ3) is 3.84. The Morgan fingerprint density at radius 3 is 2.67 bits per heavy atom. The molecule has 0 saturated heterocycles. The molecule has 4 aromatic rings. The lowest BCUT2D eigenvalue weighted by atomic mass is 10.2. The summed E-state index contributed by atoms with van der Waals surface area (Å²) < 4.78 is 15.2. The molecule has 4 rings (SSSR count). The molecule has 0 aliphatic heterocycles. The van der Waals surface area contributed by atoms with Crippen LogP contribution >= 0.6 is 0 Å². The Balaban J connectivity index is 1.51. The highest BCUT2D eigenvalue weighted by Gasteiger charge is 2.06. The van der Waals surface area contributed by atoms with E-state index in [1.54, 1.807) is 19.8 Å². The normalized spacial score (nSPS) is 11.3. The number of fused-ring (bicyclic) bond motifs is 1. The molecule has 2 aromatic heterocycles. The summed E-state index contributed by atoms with van der Waals surface area (Å²) >= 11 is 0. The predicted molar refractivity (Wildman–Crippen MR) is 106 cm³/mol. The number of benzene rings is 2. The van der Waals surface area contributed by atoms with Gasteiger partial charge in [-0.1, -0.05) is 24.3 Å². The van der Waals surface area contributed by atoms with E-state index in [1.807, 2.05) is 35.0 Å². The summed E-state index contributed by atoms with van der Waals surface area (Å²) in [5, 5.41) is 8.83. The molecule has 0 fully saturated rings. The van der Waals surface area contributed by atoms with Gasteiger partial charge in [0.15, 0.2) is 0 Å². The summed E-state index contributed by atoms with van der Waals surface area (Å²) in [5.74, 6) is 1.60. The molecule has 6 heteroatoms. The van der Waals surface area contributed by atoms with Gasteiger partial charge in [0.05, 0.1) is 13.7 Å². The molecule has 0 atom stereocenters. The highest BCUT2D eigenvalue weighted by atomic mass is 16.5. The maximum Gasteiger partial charge on any atom is 0.123 e. The molecule has 0 amide bonds. The third-order valence-electron chi connectivity index (χ3n) is 4.32. The maximum absolute atomic E-state index is 5.89. The summed E-state index contributed by atoms with van der Waals surface area (Å²) in [6.07, 6.45) is 9.47. The van der Waals surface area contributed by atoms with Gasteiger partial charge in [0.1, 0.15) is 30.8 Å². The Hall–Kier alpha value is -3.54. The van der Waals surface area contributed by atoms with Crippen LogP contribution in [0.25, 0.3) is 23.2 Å². The topological polar surface area (TPSA) is 54.1 Å². The molecule has 0 spiro atoms. The molecule has 0 saturated carbocycles. The monoisotopic (exact) mass is 360 g/mol. The molecule has 0 unspecified atom stereocenters. The minimum atomic E-state index is 0.570. The van der Waals surface area contributed by atoms with Gasteiger partial charge in [-0.25, -0.2) is 0 Å². The van der Waals surface area contributed by atoms with Crippen molar-refractivity contribution in [3.63, 3.8) is 0 Å². The minimum absolute atomic E-state index is 0.570. The Kier molecular flexibility index (Phi) is 4.87. The smallest absolute Gasteiger partial charge is 0.123 e. The SMILES string of the molecule is COc1cccc(OCCn2cc(/C=C/n3cnnc3)c3ccccc32)c1. The lowest BCUT2D eigenvalue weighted by molar-refractivity contribution is 0.298. The number of ether oxygens (including phenoxy) is 2. The van der Waals surface area contributed by atoms with E-state index in [0.29, 0.717) is 6.61 Å². The van der Waals surface area contributed by atoms with Crippen molar-refractivity contribution in [2.24, 2.45) is 0 Å². The summed E-state index contributed by atoms with van der Waals surface area (Å²) in [7, 11) is 1.65. The fourth-order valence-electron chi connectivity index (χ4n) is 3.00. The van der Waals surface area contributed by atoms with Crippen molar-refractivity contribution in [3.8, 4) is 11.5 Å². The van der Waals surface area contributed by atoms with E-state index in [4.69, 9.17) is 9.47 Å². The van der Waals surface area contributed by atoms with Crippen molar-refractivity contribution in [2.45, 2.75) is 6.54 Å². The van der Waals surface area contributed by atoms with Crippen molar-refractivity contribution in [2.75, 3.05) is 13.7 Å². The van der Waals surface area contributed by atoms with Crippen LogP contribution in [0.1, 0.15) is 5.56 Å². The summed E-state index contributed by atoms with van der Waals surface area (Å²) in [6.45, 7) is 1.32. The maximum atomic E-state index is 5.89. The van der Waals surface area contributed by atoms with Gasteiger partial charge in [0.25, 0.3) is 0 Å². The van der Waals surface area contributed by atoms with Crippen LogP contribution in [0.4, 0.5) is 0 Å². The average molecular weight is 360 g/mol. The number of nitrogens with zero attached hydrogens (tertiary/aromatic N) is 4. The van der Waals surface area contributed by atoms with Crippen LogP contribution in [-0.4, -0.2) is 33.0 Å². The largest absolute Gasteiger partial charge is 0.497 e. The highest BCUT2D eigenvalue weighted by Crippen LogP contribution is 2.23. The van der Waals surface area contributed by atoms with E-state index in [9.17, 15) is 0 Å².